The van der Waals surface area contributed by atoms with Gasteiger partial charge in [0.1, 0.15) is 52.0 Å². The number of benzene rings is 5. The van der Waals surface area contributed by atoms with Gasteiger partial charge in [0.05, 0.1) is 58.5 Å². The molecular weight excluding hydrogens is 2040 g/mol. The number of pyridine rings is 4. The van der Waals surface area contributed by atoms with E-state index in [9.17, 15) is 9.59 Å². The van der Waals surface area contributed by atoms with E-state index in [1.165, 1.54) is 50.6 Å². The number of hydrogen-bond acceptors (Lipinski definition) is 29. The molecule has 18 aromatic rings. The second kappa shape index (κ2) is 41.1. The average molecular weight is 2140 g/mol. The van der Waals surface area contributed by atoms with Crippen LogP contribution in [0.2, 0.25) is 25.1 Å². The van der Waals surface area contributed by atoms with Crippen molar-refractivity contribution in [1.82, 2.24) is 80.3 Å². The topological polar surface area (TPSA) is 289 Å². The molecule has 5 unspecified atom stereocenters. The number of carbonyl (C=O) groups excluding carboxylic acids is 2. The van der Waals surface area contributed by atoms with Gasteiger partial charge in [-0.05, 0) is 216 Å². The van der Waals surface area contributed by atoms with Crippen molar-refractivity contribution in [3.63, 3.8) is 0 Å². The smallest absolute Gasteiger partial charge is 0.263 e. The lowest BCUT2D eigenvalue weighted by molar-refractivity contribution is -0.140. The van der Waals surface area contributed by atoms with E-state index in [0.717, 1.165) is 316 Å². The largest absolute Gasteiger partial charge is 0.481 e. The summed E-state index contributed by atoms with van der Waals surface area (Å²) in [4.78, 5) is 68.6. The number of thiophene rings is 4. The number of oxazole rings is 1. The average Bonchev–Trinajstić information content (AvgIpc) is 1.61. The summed E-state index contributed by atoms with van der Waals surface area (Å²) < 4.78 is 59.3. The van der Waals surface area contributed by atoms with Gasteiger partial charge >= 0.3 is 0 Å². The lowest BCUT2D eigenvalue weighted by Gasteiger charge is -2.37. The zero-order chi connectivity index (χ0) is 99.2. The third kappa shape index (κ3) is 18.9. The summed E-state index contributed by atoms with van der Waals surface area (Å²) in [5, 5.41) is 26.8. The molecule has 4 fully saturated rings. The molecule has 11 aliphatic rings. The van der Waals surface area contributed by atoms with Gasteiger partial charge in [0.15, 0.2) is 59.8 Å². The summed E-state index contributed by atoms with van der Waals surface area (Å²) in [6.07, 6.45) is 23.4. The number of halogens is 5. The van der Waals surface area contributed by atoms with Crippen LogP contribution in [0.15, 0.2) is 198 Å². The van der Waals surface area contributed by atoms with Crippen LogP contribution in [0.1, 0.15) is 137 Å². The number of amides is 2. The van der Waals surface area contributed by atoms with Crippen LogP contribution in [0, 0.1) is 0 Å². The van der Waals surface area contributed by atoms with Crippen LogP contribution in [0.5, 0.6) is 28.7 Å². The Morgan fingerprint density at radius 1 is 0.435 bits per heavy atom. The zero-order valence-corrected chi connectivity index (χ0v) is 87.3. The van der Waals surface area contributed by atoms with Crippen LogP contribution in [0.4, 0.5) is 0 Å². The van der Waals surface area contributed by atoms with Crippen molar-refractivity contribution >= 4 is 167 Å². The van der Waals surface area contributed by atoms with Crippen molar-refractivity contribution in [2.24, 2.45) is 0 Å². The SMILES string of the molecule is CN1CCc2noc(C3Cc4cc(Cl)cc(-c5ccnc6ccsc56)c4O3)c2C1.CNC1CCN(C(=O)C2Cc3cc(Cl)cc(-c4ccnc5ccsc45)c3O2)CC1.Clc1cc2c(c(-c3ccnc4ccsc34)c1)OC(c1ocnc1CN1CCC1)C2.Clc1cc2c(c(-c3ncnc4ccoc34)c1)OC(c1onc3c1CNCC3)C2.O=C(C1Cc2cc(Cl)cc(-c3ccnc4ccsc34)c2O1)N1CCC(N2CCCC2)CC1. The number of fused-ring (bicyclic) bond motifs is 12. The Hall–Kier alpha value is -12.0. The number of ether oxygens (including phenoxy) is 5. The van der Waals surface area contributed by atoms with Crippen LogP contribution in [0.25, 0.3) is 108 Å². The highest BCUT2D eigenvalue weighted by Gasteiger charge is 2.43. The Labute approximate surface area is 886 Å². The highest BCUT2D eigenvalue weighted by atomic mass is 35.5. The Balaban J connectivity index is 0.0000000957. The summed E-state index contributed by atoms with van der Waals surface area (Å²) in [5.41, 5.74) is 25.5. The van der Waals surface area contributed by atoms with Crippen molar-refractivity contribution in [3.05, 3.63) is 279 Å². The molecule has 748 valence electrons. The molecular formula is C111H99Cl5N16O11S4. The van der Waals surface area contributed by atoms with Crippen molar-refractivity contribution in [3.8, 4) is 84.5 Å². The molecule has 11 aliphatic heterocycles. The fraction of sp³-hybridized carbons (Fsp3) is 0.324. The molecule has 0 saturated carbocycles. The molecule has 24 heterocycles. The molecule has 0 aliphatic carbocycles. The number of likely N-dealkylation sites (N-methyl/N-ethyl adjacent to an activating group) is 1. The molecule has 2 N–H and O–H groups in total. The molecule has 5 atom stereocenters. The van der Waals surface area contributed by atoms with E-state index in [2.05, 4.69) is 88.3 Å². The van der Waals surface area contributed by atoms with Gasteiger partial charge in [-0.15, -0.1) is 45.3 Å². The van der Waals surface area contributed by atoms with E-state index >= 15 is 0 Å². The quantitative estimate of drug-likeness (QED) is 0.102. The summed E-state index contributed by atoms with van der Waals surface area (Å²) in [6.45, 7) is 12.2. The maximum Gasteiger partial charge on any atom is 0.263 e. The number of nitrogens with zero attached hydrogens (tertiary/aromatic N) is 14. The van der Waals surface area contributed by atoms with E-state index < -0.39 is 12.2 Å². The monoisotopic (exact) mass is 2130 g/mol. The van der Waals surface area contributed by atoms with Crippen LogP contribution < -0.4 is 34.3 Å². The predicted molar refractivity (Wildman–Crippen MR) is 574 cm³/mol. The fourth-order valence-electron chi connectivity index (χ4n) is 22.4. The normalized spacial score (nSPS) is 19.4. The van der Waals surface area contributed by atoms with E-state index in [-0.39, 0.29) is 30.1 Å². The minimum absolute atomic E-state index is 0.0776. The van der Waals surface area contributed by atoms with Crippen molar-refractivity contribution in [2.75, 3.05) is 79.5 Å². The first-order chi connectivity index (χ1) is 72.0. The lowest BCUT2D eigenvalue weighted by atomic mass is 9.99. The number of hydrogen-bond donors (Lipinski definition) is 2. The third-order valence-corrected chi connectivity index (χ3v) is 34.7. The number of carbonyl (C=O) groups is 2. The second-order valence-corrected chi connectivity index (χ2v) is 44.8. The van der Waals surface area contributed by atoms with Gasteiger partial charge in [-0.3, -0.25) is 34.4 Å². The minimum atomic E-state index is -0.478. The number of nitrogens with one attached hydrogen (secondary N) is 2. The molecule has 27 nitrogen and oxygen atoms in total. The van der Waals surface area contributed by atoms with Crippen LogP contribution in [0.3, 0.4) is 0 Å². The molecule has 147 heavy (non-hydrogen) atoms. The standard InChI is InChI=1S/C25H26ClN3O2S.2C22H18ClN3O2S.C22H22ClN3O2S.C20H15ClN4O3/c26-17-13-16-14-22(25(30)29-10-4-18(5-11-29)28-8-1-2-9-28)31-23(16)20(15-17)19-3-7-27-21-6-12-32-24(19)21;1-26-6-3-17-16(11-26)21(28-25-17)19-9-12-8-13(23)10-15(20(12)27-19)14-2-5-24-18-4-7-29-22(14)18;23-14-8-13-9-19(21-18(25-12-27-21)11-26-5-1-6-26)28-20(13)16(10-14)15-2-4-24-17-3-7-29-22(15)17;1-24-15-3-7-26(8-4-15)22(27)19-11-13-10-14(23)12-17(20(13)28-19)16-2-6-25-18-5-9-29-21(16)18;21-11-5-10-6-16(19-13-8-22-3-1-14(13)25-28-19)27-18(10)12(7-11)17-20-15(2-4-26-20)23-9-24-17/h3,6-7,12-13,15,18,22H,1-2,4-5,8-11,14H2;2,4-5,7-8,10,19H,3,6,9,11H2,1H3;2-4,7-8,10,12,19H,1,5-6,9,11H2;2,5-6,9-10,12,15,19,24H,3-4,7-8,11H2,1H3;2,4-5,7,9,16,22H,1,3,6,8H2. The number of furan rings is 1. The van der Waals surface area contributed by atoms with Gasteiger partial charge in [-0.2, -0.15) is 0 Å². The van der Waals surface area contributed by atoms with Crippen molar-refractivity contribution < 1.29 is 51.2 Å². The fourth-order valence-corrected chi connectivity index (χ4v) is 27.2. The van der Waals surface area contributed by atoms with Crippen molar-refractivity contribution in [1.29, 1.82) is 0 Å². The van der Waals surface area contributed by atoms with E-state index in [1.54, 1.807) is 57.8 Å². The lowest BCUT2D eigenvalue weighted by Crippen LogP contribution is -2.49. The van der Waals surface area contributed by atoms with E-state index in [4.69, 9.17) is 99.6 Å². The van der Waals surface area contributed by atoms with E-state index in [1.807, 2.05) is 161 Å². The molecule has 0 bridgehead atoms. The van der Waals surface area contributed by atoms with Gasteiger partial charge < -0.3 is 71.8 Å². The molecule has 5 aromatic carbocycles. The Morgan fingerprint density at radius 2 is 0.878 bits per heavy atom. The van der Waals surface area contributed by atoms with Crippen LogP contribution in [-0.2, 0) is 74.2 Å². The van der Waals surface area contributed by atoms with Gasteiger partial charge in [0.25, 0.3) is 11.8 Å². The Kier molecular flexibility index (Phi) is 26.8. The highest BCUT2D eigenvalue weighted by Crippen LogP contribution is 2.54. The van der Waals surface area contributed by atoms with Crippen LogP contribution in [-0.4, -0.2) is 185 Å². The second-order valence-electron chi connectivity index (χ2n) is 38.9. The van der Waals surface area contributed by atoms with E-state index in [0.29, 0.717) is 67.7 Å². The van der Waals surface area contributed by atoms with Gasteiger partial charge in [-0.1, -0.05) is 68.3 Å². The molecule has 36 heteroatoms. The molecule has 0 radical (unpaired) electrons. The first kappa shape index (κ1) is 95.9. The number of piperidine rings is 2. The summed E-state index contributed by atoms with van der Waals surface area (Å²) in [6, 6.07) is 38.6. The van der Waals surface area contributed by atoms with Crippen LogP contribution >= 0.6 is 103 Å². The summed E-state index contributed by atoms with van der Waals surface area (Å²) in [7, 11) is 4.10. The maximum absolute atomic E-state index is 13.3. The Bertz CT molecular complexity index is 8070. The summed E-state index contributed by atoms with van der Waals surface area (Å²) in [5.74, 6) is 6.73. The van der Waals surface area contributed by atoms with Gasteiger partial charge in [-0.25, -0.2) is 15.0 Å². The first-order valence-electron chi connectivity index (χ1n) is 49.9. The molecule has 0 spiro atoms. The minimum Gasteiger partial charge on any atom is -0.481 e. The van der Waals surface area contributed by atoms with Gasteiger partial charge in [0.2, 0.25) is 0 Å². The molecule has 29 rings (SSSR count). The number of likely N-dealkylation sites (tertiary alicyclic amines) is 4. The molecule has 13 aromatic heterocycles. The maximum atomic E-state index is 13.3. The summed E-state index contributed by atoms with van der Waals surface area (Å²) >= 11 is 39.0. The molecule has 2 amide bonds. The third-order valence-electron chi connectivity index (χ3n) is 29.9. The molecule has 4 saturated heterocycles. The first-order valence-corrected chi connectivity index (χ1v) is 55.3. The predicted octanol–water partition coefficient (Wildman–Crippen LogP) is 23.7. The highest BCUT2D eigenvalue weighted by molar-refractivity contribution is 7.18. The number of aromatic nitrogens is 9. The zero-order valence-electron chi connectivity index (χ0n) is 80.2. The number of rotatable bonds is 14. The Morgan fingerprint density at radius 3 is 1.35 bits per heavy atom. The van der Waals surface area contributed by atoms with Gasteiger partial charge in [0, 0.05) is 261 Å². The van der Waals surface area contributed by atoms with Crippen molar-refractivity contribution in [2.45, 2.75) is 152 Å².